The normalized spacial score (nSPS) is 11.0. The Kier molecular flexibility index (Phi) is 3.84. The van der Waals surface area contributed by atoms with E-state index in [1.165, 1.54) is 11.3 Å². The third-order valence-corrected chi connectivity index (χ3v) is 4.41. The molecule has 0 radical (unpaired) electrons. The molecule has 0 saturated heterocycles. The summed E-state index contributed by atoms with van der Waals surface area (Å²) in [5, 5.41) is 5.29. The highest BCUT2D eigenvalue weighted by molar-refractivity contribution is 7.13. The van der Waals surface area contributed by atoms with Crippen molar-refractivity contribution in [2.24, 2.45) is 0 Å². The summed E-state index contributed by atoms with van der Waals surface area (Å²) in [7, 11) is 0. The number of para-hydroxylation sites is 2. The van der Waals surface area contributed by atoms with Crippen LogP contribution in [0.5, 0.6) is 0 Å². The molecule has 24 heavy (non-hydrogen) atoms. The molecular formula is C17H14N4O2S. The third-order valence-electron chi connectivity index (χ3n) is 3.55. The second kappa shape index (κ2) is 6.29. The van der Waals surface area contributed by atoms with Crippen LogP contribution in [-0.4, -0.2) is 27.4 Å². The highest BCUT2D eigenvalue weighted by Crippen LogP contribution is 2.23. The van der Waals surface area contributed by atoms with Gasteiger partial charge >= 0.3 is 0 Å². The van der Waals surface area contributed by atoms with Crippen molar-refractivity contribution in [2.75, 3.05) is 6.54 Å². The average molecular weight is 338 g/mol. The molecule has 1 amide bonds. The summed E-state index contributed by atoms with van der Waals surface area (Å²) in [6, 6.07) is 11.5. The van der Waals surface area contributed by atoms with E-state index in [1.54, 1.807) is 17.7 Å². The molecule has 120 valence electrons. The standard InChI is InChI=1S/C17H14N4O2S/c22-16(13-10-24-17(21-13)14-6-3-9-23-14)18-8-7-15-19-11-4-1-2-5-12(11)20-15/h1-6,9-10H,7-8H2,(H,18,22)(H,19,20). The number of furan rings is 1. The van der Waals surface area contributed by atoms with Crippen molar-refractivity contribution in [3.63, 3.8) is 0 Å². The Morgan fingerprint density at radius 3 is 2.96 bits per heavy atom. The van der Waals surface area contributed by atoms with Crippen molar-refractivity contribution in [2.45, 2.75) is 6.42 Å². The lowest BCUT2D eigenvalue weighted by Gasteiger charge is -2.01. The summed E-state index contributed by atoms with van der Waals surface area (Å²) in [4.78, 5) is 24.2. The van der Waals surface area contributed by atoms with Crippen LogP contribution in [-0.2, 0) is 6.42 Å². The van der Waals surface area contributed by atoms with Gasteiger partial charge in [0.05, 0.1) is 17.3 Å². The smallest absolute Gasteiger partial charge is 0.270 e. The highest BCUT2D eigenvalue weighted by Gasteiger charge is 2.13. The predicted octanol–water partition coefficient (Wildman–Crippen LogP) is 3.25. The van der Waals surface area contributed by atoms with Gasteiger partial charge in [0.25, 0.3) is 5.91 Å². The molecule has 0 saturated carbocycles. The molecule has 1 aromatic carbocycles. The number of nitrogens with zero attached hydrogens (tertiary/aromatic N) is 2. The Morgan fingerprint density at radius 2 is 2.12 bits per heavy atom. The second-order valence-electron chi connectivity index (χ2n) is 5.22. The van der Waals surface area contributed by atoms with E-state index in [0.717, 1.165) is 16.9 Å². The maximum absolute atomic E-state index is 12.2. The zero-order valence-corrected chi connectivity index (χ0v) is 13.5. The van der Waals surface area contributed by atoms with Crippen LogP contribution in [0.4, 0.5) is 0 Å². The molecule has 0 unspecified atom stereocenters. The highest BCUT2D eigenvalue weighted by atomic mass is 32.1. The number of carbonyl (C=O) groups excluding carboxylic acids is 1. The summed E-state index contributed by atoms with van der Waals surface area (Å²) in [5.74, 6) is 1.33. The van der Waals surface area contributed by atoms with Gasteiger partial charge in [-0.1, -0.05) is 12.1 Å². The molecule has 4 rings (SSSR count). The number of thiazole rings is 1. The molecule has 0 aliphatic heterocycles. The van der Waals surface area contributed by atoms with Crippen LogP contribution in [0.3, 0.4) is 0 Å². The van der Waals surface area contributed by atoms with Crippen LogP contribution < -0.4 is 5.32 Å². The largest absolute Gasteiger partial charge is 0.462 e. The van der Waals surface area contributed by atoms with E-state index < -0.39 is 0 Å². The first-order valence-electron chi connectivity index (χ1n) is 7.51. The van der Waals surface area contributed by atoms with Gasteiger partial charge in [0, 0.05) is 18.3 Å². The molecule has 0 atom stereocenters. The van der Waals surface area contributed by atoms with E-state index in [-0.39, 0.29) is 5.91 Å². The quantitative estimate of drug-likeness (QED) is 0.585. The SMILES string of the molecule is O=C(NCCc1nc2ccccc2[nH]1)c1csc(-c2ccco2)n1. The summed E-state index contributed by atoms with van der Waals surface area (Å²) in [6.07, 6.45) is 2.22. The van der Waals surface area contributed by atoms with Crippen molar-refractivity contribution in [1.29, 1.82) is 0 Å². The van der Waals surface area contributed by atoms with E-state index in [2.05, 4.69) is 20.3 Å². The van der Waals surface area contributed by atoms with Gasteiger partial charge in [-0.2, -0.15) is 0 Å². The fraction of sp³-hybridized carbons (Fsp3) is 0.118. The predicted molar refractivity (Wildman–Crippen MR) is 91.9 cm³/mol. The van der Waals surface area contributed by atoms with E-state index in [4.69, 9.17) is 4.42 Å². The minimum absolute atomic E-state index is 0.194. The molecule has 3 heterocycles. The molecule has 0 spiro atoms. The lowest BCUT2D eigenvalue weighted by atomic mass is 10.3. The van der Waals surface area contributed by atoms with Crippen LogP contribution in [0, 0.1) is 0 Å². The number of imidazole rings is 1. The van der Waals surface area contributed by atoms with Gasteiger partial charge in [0.1, 0.15) is 11.5 Å². The minimum atomic E-state index is -0.194. The Morgan fingerprint density at radius 1 is 1.21 bits per heavy atom. The van der Waals surface area contributed by atoms with E-state index in [9.17, 15) is 4.79 Å². The van der Waals surface area contributed by atoms with Gasteiger partial charge in [-0.15, -0.1) is 11.3 Å². The topological polar surface area (TPSA) is 83.8 Å². The first kappa shape index (κ1) is 14.6. The number of aromatic amines is 1. The molecule has 2 N–H and O–H groups in total. The third kappa shape index (κ3) is 2.93. The van der Waals surface area contributed by atoms with Crippen molar-refractivity contribution in [3.05, 3.63) is 59.6 Å². The molecule has 0 aliphatic rings. The number of hydrogen-bond donors (Lipinski definition) is 2. The molecule has 7 heteroatoms. The number of fused-ring (bicyclic) bond motifs is 1. The second-order valence-corrected chi connectivity index (χ2v) is 6.08. The summed E-state index contributed by atoms with van der Waals surface area (Å²) >= 11 is 1.38. The van der Waals surface area contributed by atoms with Crippen molar-refractivity contribution >= 4 is 28.3 Å². The van der Waals surface area contributed by atoms with Crippen molar-refractivity contribution in [1.82, 2.24) is 20.3 Å². The first-order chi connectivity index (χ1) is 11.8. The Labute approximate surface area is 141 Å². The maximum Gasteiger partial charge on any atom is 0.270 e. The van der Waals surface area contributed by atoms with E-state index >= 15 is 0 Å². The van der Waals surface area contributed by atoms with Gasteiger partial charge in [0.2, 0.25) is 0 Å². The van der Waals surface area contributed by atoms with Crippen LogP contribution >= 0.6 is 11.3 Å². The van der Waals surface area contributed by atoms with Gasteiger partial charge in [0.15, 0.2) is 10.8 Å². The Bertz CT molecular complexity index is 938. The Hall–Kier alpha value is -2.93. The number of carbonyl (C=O) groups is 1. The molecular weight excluding hydrogens is 324 g/mol. The number of amides is 1. The molecule has 3 aromatic heterocycles. The molecule has 6 nitrogen and oxygen atoms in total. The molecule has 0 fully saturated rings. The Balaban J connectivity index is 1.36. The van der Waals surface area contributed by atoms with Gasteiger partial charge in [-0.25, -0.2) is 9.97 Å². The molecule has 0 aliphatic carbocycles. The van der Waals surface area contributed by atoms with Crippen LogP contribution in [0.15, 0.2) is 52.5 Å². The maximum atomic E-state index is 12.2. The fourth-order valence-electron chi connectivity index (χ4n) is 2.40. The minimum Gasteiger partial charge on any atom is -0.462 e. The fourth-order valence-corrected chi connectivity index (χ4v) is 3.17. The van der Waals surface area contributed by atoms with Crippen molar-refractivity contribution < 1.29 is 9.21 Å². The lowest BCUT2D eigenvalue weighted by Crippen LogP contribution is -2.26. The number of aromatic nitrogens is 3. The number of H-pyrrole nitrogens is 1. The number of nitrogens with one attached hydrogen (secondary N) is 2. The number of hydrogen-bond acceptors (Lipinski definition) is 5. The van der Waals surface area contributed by atoms with Crippen LogP contribution in [0.2, 0.25) is 0 Å². The summed E-state index contributed by atoms with van der Waals surface area (Å²) < 4.78 is 5.28. The van der Waals surface area contributed by atoms with Crippen LogP contribution in [0.25, 0.3) is 21.8 Å². The average Bonchev–Trinajstić information content (AvgIpc) is 3.33. The van der Waals surface area contributed by atoms with Crippen molar-refractivity contribution in [3.8, 4) is 10.8 Å². The zero-order chi connectivity index (χ0) is 16.4. The zero-order valence-electron chi connectivity index (χ0n) is 12.7. The summed E-state index contributed by atoms with van der Waals surface area (Å²) in [5.41, 5.74) is 2.33. The van der Waals surface area contributed by atoms with Gasteiger partial charge in [-0.3, -0.25) is 4.79 Å². The first-order valence-corrected chi connectivity index (χ1v) is 8.39. The van der Waals surface area contributed by atoms with Gasteiger partial charge in [-0.05, 0) is 24.3 Å². The molecule has 4 aromatic rings. The lowest BCUT2D eigenvalue weighted by molar-refractivity contribution is 0.0950. The summed E-state index contributed by atoms with van der Waals surface area (Å²) in [6.45, 7) is 0.492. The monoisotopic (exact) mass is 338 g/mol. The van der Waals surface area contributed by atoms with Gasteiger partial charge < -0.3 is 14.7 Å². The van der Waals surface area contributed by atoms with E-state index in [1.807, 2.05) is 30.3 Å². The van der Waals surface area contributed by atoms with Crippen LogP contribution in [0.1, 0.15) is 16.3 Å². The van der Waals surface area contributed by atoms with E-state index in [0.29, 0.717) is 29.4 Å². The number of rotatable bonds is 5. The number of benzene rings is 1. The molecule has 0 bridgehead atoms.